The number of pyridine rings is 1. The highest BCUT2D eigenvalue weighted by Crippen LogP contribution is 2.49. The van der Waals surface area contributed by atoms with Crippen molar-refractivity contribution in [1.29, 1.82) is 5.41 Å². The van der Waals surface area contributed by atoms with Gasteiger partial charge in [-0.3, -0.25) is 9.98 Å². The fourth-order valence-corrected chi connectivity index (χ4v) is 8.30. The van der Waals surface area contributed by atoms with Gasteiger partial charge in [0.05, 0.1) is 16.6 Å². The third kappa shape index (κ3) is 4.49. The Hall–Kier alpha value is -6.72. The molecular formula is C47H35N5. The summed E-state index contributed by atoms with van der Waals surface area (Å²) in [5.41, 5.74) is 14.3. The van der Waals surface area contributed by atoms with Crippen LogP contribution in [0, 0.1) is 5.41 Å². The van der Waals surface area contributed by atoms with Gasteiger partial charge in [-0.25, -0.2) is 4.68 Å². The van der Waals surface area contributed by atoms with Gasteiger partial charge in [0.2, 0.25) is 0 Å². The van der Waals surface area contributed by atoms with E-state index in [1.807, 2.05) is 30.7 Å². The summed E-state index contributed by atoms with van der Waals surface area (Å²) in [5, 5.41) is 17.6. The minimum Gasteiger partial charge on any atom is -0.316 e. The van der Waals surface area contributed by atoms with Crippen molar-refractivity contribution in [3.05, 3.63) is 181 Å². The molecule has 0 saturated heterocycles. The number of benzene rings is 6. The van der Waals surface area contributed by atoms with Crippen LogP contribution < -0.4 is 5.49 Å². The van der Waals surface area contributed by atoms with E-state index >= 15 is 0 Å². The quantitative estimate of drug-likeness (QED) is 0.140. The first-order chi connectivity index (χ1) is 25.5. The summed E-state index contributed by atoms with van der Waals surface area (Å²) < 4.78 is 6.04. The first-order valence-electron chi connectivity index (χ1n) is 17.7. The Morgan fingerprint density at radius 1 is 0.538 bits per heavy atom. The van der Waals surface area contributed by atoms with Crippen molar-refractivity contribution in [2.24, 2.45) is 5.10 Å². The zero-order chi connectivity index (χ0) is 35.0. The summed E-state index contributed by atoms with van der Waals surface area (Å²) in [5.74, 6) is 0. The van der Waals surface area contributed by atoms with Crippen LogP contribution in [0.2, 0.25) is 0 Å². The van der Waals surface area contributed by atoms with Gasteiger partial charge in [-0.05, 0) is 87.5 Å². The van der Waals surface area contributed by atoms with Gasteiger partial charge in [0.25, 0.3) is 0 Å². The van der Waals surface area contributed by atoms with E-state index in [0.29, 0.717) is 5.49 Å². The Labute approximate surface area is 301 Å². The number of hydrogen-bond acceptors (Lipinski definition) is 2. The molecule has 3 heterocycles. The SMILES string of the molecule is CC1(C)c2ccccc2-c2ccc(-c3ccc(-c4cccn(/N=C/n5c6ccccc6c6ccc7c(ccn7-c7ccccc7)c65)c4=N)cc3)cc21. The maximum absolute atomic E-state index is 9.21. The maximum Gasteiger partial charge on any atom is 0.153 e. The molecule has 1 aliphatic carbocycles. The van der Waals surface area contributed by atoms with Crippen LogP contribution in [0.4, 0.5) is 0 Å². The van der Waals surface area contributed by atoms with Gasteiger partial charge in [0.1, 0.15) is 6.34 Å². The minimum absolute atomic E-state index is 0.0430. The summed E-state index contributed by atoms with van der Waals surface area (Å²) in [6.45, 7) is 4.63. The first kappa shape index (κ1) is 30.1. The highest BCUT2D eigenvalue weighted by molar-refractivity contribution is 6.20. The molecule has 248 valence electrons. The molecule has 5 nitrogen and oxygen atoms in total. The third-order valence-corrected chi connectivity index (χ3v) is 11.0. The van der Waals surface area contributed by atoms with Crippen LogP contribution in [-0.2, 0) is 5.41 Å². The number of rotatable bonds is 5. The van der Waals surface area contributed by atoms with E-state index in [1.54, 1.807) is 4.68 Å². The second-order valence-electron chi connectivity index (χ2n) is 14.2. The lowest BCUT2D eigenvalue weighted by molar-refractivity contribution is 0.660. The first-order valence-corrected chi connectivity index (χ1v) is 17.7. The Morgan fingerprint density at radius 3 is 2.12 bits per heavy atom. The zero-order valence-corrected chi connectivity index (χ0v) is 29.0. The van der Waals surface area contributed by atoms with Crippen LogP contribution in [-0.4, -0.2) is 20.1 Å². The average Bonchev–Trinajstić information content (AvgIpc) is 3.83. The van der Waals surface area contributed by atoms with Crippen molar-refractivity contribution >= 4 is 39.0 Å². The van der Waals surface area contributed by atoms with Gasteiger partial charge in [-0.15, -0.1) is 0 Å². The molecule has 6 aromatic carbocycles. The number of aromatic nitrogens is 3. The molecule has 0 saturated carbocycles. The maximum atomic E-state index is 9.21. The lowest BCUT2D eigenvalue weighted by Crippen LogP contribution is -2.18. The van der Waals surface area contributed by atoms with Crippen LogP contribution in [0.1, 0.15) is 25.0 Å². The van der Waals surface area contributed by atoms with Crippen LogP contribution in [0.5, 0.6) is 0 Å². The molecule has 0 unspecified atom stereocenters. The largest absolute Gasteiger partial charge is 0.316 e. The topological polar surface area (TPSA) is 51.0 Å². The van der Waals surface area contributed by atoms with Crippen molar-refractivity contribution in [3.8, 4) is 39.1 Å². The highest BCUT2D eigenvalue weighted by atomic mass is 15.4. The summed E-state index contributed by atoms with van der Waals surface area (Å²) in [6.07, 6.45) is 5.83. The fraction of sp³-hybridized carbons (Fsp3) is 0.0638. The fourth-order valence-electron chi connectivity index (χ4n) is 8.30. The molecule has 0 fully saturated rings. The van der Waals surface area contributed by atoms with Crippen LogP contribution in [0.15, 0.2) is 169 Å². The predicted octanol–water partition coefficient (Wildman–Crippen LogP) is 11.0. The molecule has 0 bridgehead atoms. The predicted molar refractivity (Wildman–Crippen MR) is 214 cm³/mol. The Kier molecular flexibility index (Phi) is 6.61. The normalized spacial score (nSPS) is 13.3. The molecule has 0 spiro atoms. The van der Waals surface area contributed by atoms with Gasteiger partial charge in [0, 0.05) is 45.2 Å². The van der Waals surface area contributed by atoms with E-state index in [1.165, 1.54) is 38.6 Å². The van der Waals surface area contributed by atoms with Gasteiger partial charge in [-0.1, -0.05) is 117 Å². The lowest BCUT2D eigenvalue weighted by Gasteiger charge is -2.22. The van der Waals surface area contributed by atoms with E-state index < -0.39 is 0 Å². The number of hydrogen-bond donors (Lipinski definition) is 1. The summed E-state index contributed by atoms with van der Waals surface area (Å²) in [4.78, 5) is 0. The molecule has 0 radical (unpaired) electrons. The van der Waals surface area contributed by atoms with E-state index in [4.69, 9.17) is 5.10 Å². The number of nitrogens with one attached hydrogen (secondary N) is 1. The molecule has 52 heavy (non-hydrogen) atoms. The van der Waals surface area contributed by atoms with E-state index in [0.717, 1.165) is 44.3 Å². The van der Waals surface area contributed by atoms with E-state index in [-0.39, 0.29) is 5.41 Å². The second-order valence-corrected chi connectivity index (χ2v) is 14.2. The molecule has 9 aromatic rings. The minimum atomic E-state index is -0.0430. The number of para-hydroxylation sites is 2. The van der Waals surface area contributed by atoms with Gasteiger partial charge in [-0.2, -0.15) is 5.10 Å². The van der Waals surface area contributed by atoms with Crippen LogP contribution in [0.25, 0.3) is 71.8 Å². The summed E-state index contributed by atoms with van der Waals surface area (Å²) >= 11 is 0. The van der Waals surface area contributed by atoms with Gasteiger partial charge >= 0.3 is 0 Å². The molecule has 10 rings (SSSR count). The van der Waals surface area contributed by atoms with Gasteiger partial charge in [0.15, 0.2) is 5.49 Å². The average molecular weight is 670 g/mol. The molecule has 3 aromatic heterocycles. The van der Waals surface area contributed by atoms with Crippen molar-refractivity contribution in [2.45, 2.75) is 19.3 Å². The van der Waals surface area contributed by atoms with E-state index in [9.17, 15) is 5.41 Å². The third-order valence-electron chi connectivity index (χ3n) is 11.0. The molecule has 0 aliphatic heterocycles. The summed E-state index contributed by atoms with van der Waals surface area (Å²) in [7, 11) is 0. The molecule has 0 atom stereocenters. The molecule has 0 amide bonds. The molecular weight excluding hydrogens is 635 g/mol. The smallest absolute Gasteiger partial charge is 0.153 e. The zero-order valence-electron chi connectivity index (χ0n) is 29.0. The molecule has 1 N–H and O–H groups in total. The molecule has 1 aliphatic rings. The number of fused-ring (bicyclic) bond motifs is 8. The Balaban J connectivity index is 1.01. The van der Waals surface area contributed by atoms with Crippen molar-refractivity contribution in [3.63, 3.8) is 0 Å². The Bertz CT molecular complexity index is 2940. The van der Waals surface area contributed by atoms with Crippen molar-refractivity contribution < 1.29 is 0 Å². The monoisotopic (exact) mass is 669 g/mol. The Morgan fingerprint density at radius 2 is 1.25 bits per heavy atom. The van der Waals surface area contributed by atoms with Crippen molar-refractivity contribution in [2.75, 3.05) is 0 Å². The standard InChI is InChI=1S/C47H35N5/c1-47(2)41-16-8-6-13-36(41)37-23-22-33(29-42(37)47)31-18-20-32(21-19-31)35-15-10-27-52(46(35)48)49-30-51-43-17-9-7-14-38(43)39-24-25-44-40(45(39)51)26-28-50(44)34-11-4-3-5-12-34/h3-30,48H,1-2H3/b48-46?,49-30+. The molecule has 5 heteroatoms. The second kappa shape index (κ2) is 11.4. The number of nitrogens with zero attached hydrogens (tertiary/aromatic N) is 4. The summed E-state index contributed by atoms with van der Waals surface area (Å²) in [6, 6.07) is 53.6. The lowest BCUT2D eigenvalue weighted by atomic mass is 9.81. The van der Waals surface area contributed by atoms with E-state index in [2.05, 4.69) is 163 Å². The van der Waals surface area contributed by atoms with Gasteiger partial charge < -0.3 is 4.57 Å². The van der Waals surface area contributed by atoms with Crippen LogP contribution in [0.3, 0.4) is 0 Å². The highest BCUT2D eigenvalue weighted by Gasteiger charge is 2.35. The van der Waals surface area contributed by atoms with Crippen molar-refractivity contribution in [1.82, 2.24) is 13.8 Å². The van der Waals surface area contributed by atoms with Crippen LogP contribution >= 0.6 is 0 Å².